The number of nitrogens with zero attached hydrogens (tertiary/aromatic N) is 1. The quantitative estimate of drug-likeness (QED) is 0.173. The summed E-state index contributed by atoms with van der Waals surface area (Å²) in [6.07, 6.45) is 2.38. The Balaban J connectivity index is 1.27. The number of hydrogen-bond acceptors (Lipinski definition) is 4. The fourth-order valence-electron chi connectivity index (χ4n) is 3.78. The fraction of sp³-hybridized carbons (Fsp3) is 0.250. The number of carbonyl (C=O) groups is 2. The Hall–Kier alpha value is -3.15. The second kappa shape index (κ2) is 10.2. The summed E-state index contributed by atoms with van der Waals surface area (Å²) < 4.78 is 5.36. The minimum Gasteiger partial charge on any atom is -0.423 e. The van der Waals surface area contributed by atoms with Gasteiger partial charge in [-0.3, -0.25) is 4.79 Å². The third-order valence-electron chi connectivity index (χ3n) is 5.96. The zero-order valence-corrected chi connectivity index (χ0v) is 21.2. The van der Waals surface area contributed by atoms with Gasteiger partial charge in [-0.2, -0.15) is 5.10 Å². The number of esters is 1. The van der Waals surface area contributed by atoms with Gasteiger partial charge in [-0.1, -0.05) is 68.2 Å². The number of rotatable bonds is 6. The lowest BCUT2D eigenvalue weighted by molar-refractivity contribution is -0.122. The molecule has 1 aliphatic rings. The molecule has 0 heterocycles. The van der Waals surface area contributed by atoms with Crippen molar-refractivity contribution in [2.75, 3.05) is 0 Å². The molecule has 0 aromatic heterocycles. The first kappa shape index (κ1) is 25.0. The van der Waals surface area contributed by atoms with Gasteiger partial charge in [0.2, 0.25) is 5.91 Å². The van der Waals surface area contributed by atoms with Crippen LogP contribution in [0.5, 0.6) is 5.75 Å². The summed E-state index contributed by atoms with van der Waals surface area (Å²) in [5.41, 5.74) is 6.18. The van der Waals surface area contributed by atoms with Crippen molar-refractivity contribution in [1.29, 1.82) is 0 Å². The van der Waals surface area contributed by atoms with E-state index < -0.39 is 5.97 Å². The monoisotopic (exact) mass is 508 g/mol. The van der Waals surface area contributed by atoms with Crippen LogP contribution in [-0.2, 0) is 10.2 Å². The highest BCUT2D eigenvalue weighted by Gasteiger charge is 2.44. The number of benzene rings is 3. The Morgan fingerprint density at radius 3 is 2.31 bits per heavy atom. The van der Waals surface area contributed by atoms with E-state index in [1.165, 1.54) is 23.3 Å². The van der Waals surface area contributed by atoms with Gasteiger partial charge in [0.1, 0.15) is 5.75 Å². The van der Waals surface area contributed by atoms with E-state index in [4.69, 9.17) is 27.9 Å². The maximum atomic E-state index is 12.5. The van der Waals surface area contributed by atoms with Crippen molar-refractivity contribution in [3.05, 3.63) is 99.0 Å². The topological polar surface area (TPSA) is 67.8 Å². The van der Waals surface area contributed by atoms with Crippen molar-refractivity contribution < 1.29 is 14.3 Å². The van der Waals surface area contributed by atoms with E-state index in [9.17, 15) is 9.59 Å². The first-order valence-electron chi connectivity index (χ1n) is 11.3. The molecule has 0 radical (unpaired) electrons. The SMILES string of the molecule is CC(C)(C)c1ccc([C@H]2C[C@H]2C(=O)N/N=C/c2ccc(OC(=O)c3ccc(Cl)cc3Cl)cc2)cc1. The van der Waals surface area contributed by atoms with Crippen LogP contribution in [0.25, 0.3) is 0 Å². The maximum absolute atomic E-state index is 12.5. The summed E-state index contributed by atoms with van der Waals surface area (Å²) in [6, 6.07) is 19.9. The molecule has 5 nitrogen and oxygen atoms in total. The number of nitrogens with one attached hydrogen (secondary N) is 1. The molecule has 0 spiro atoms. The molecule has 1 fully saturated rings. The molecular weight excluding hydrogens is 483 g/mol. The van der Waals surface area contributed by atoms with Crippen molar-refractivity contribution in [2.24, 2.45) is 11.0 Å². The minimum atomic E-state index is -0.576. The number of halogens is 2. The van der Waals surface area contributed by atoms with Gasteiger partial charge < -0.3 is 4.74 Å². The summed E-state index contributed by atoms with van der Waals surface area (Å²) in [6.45, 7) is 6.56. The van der Waals surface area contributed by atoms with Crippen molar-refractivity contribution in [3.8, 4) is 5.75 Å². The van der Waals surface area contributed by atoms with Crippen LogP contribution in [0.2, 0.25) is 10.0 Å². The molecule has 1 saturated carbocycles. The van der Waals surface area contributed by atoms with Crippen LogP contribution < -0.4 is 10.2 Å². The third kappa shape index (κ3) is 6.30. The molecule has 3 aromatic rings. The van der Waals surface area contributed by atoms with Crippen LogP contribution in [0, 0.1) is 5.92 Å². The number of ether oxygens (including phenoxy) is 1. The average molecular weight is 509 g/mol. The molecule has 7 heteroatoms. The summed E-state index contributed by atoms with van der Waals surface area (Å²) >= 11 is 11.9. The summed E-state index contributed by atoms with van der Waals surface area (Å²) in [7, 11) is 0. The Kier molecular flexibility index (Phi) is 7.29. The second-order valence-electron chi connectivity index (χ2n) is 9.64. The molecule has 1 N–H and O–H groups in total. The standard InChI is InChI=1S/C28H26Cl2N2O3/c1-28(2,3)19-8-6-18(7-9-19)23-15-24(23)26(33)32-31-16-17-4-11-21(12-5-17)35-27(34)22-13-10-20(29)14-25(22)30/h4-14,16,23-24H,15H2,1-3H3,(H,32,33)/b31-16+/t23-,24-/m1/s1. The van der Waals surface area contributed by atoms with Crippen LogP contribution in [-0.4, -0.2) is 18.1 Å². The molecule has 0 unspecified atom stereocenters. The predicted molar refractivity (Wildman–Crippen MR) is 140 cm³/mol. The fourth-order valence-corrected chi connectivity index (χ4v) is 4.26. The van der Waals surface area contributed by atoms with Gasteiger partial charge in [0.25, 0.3) is 0 Å². The molecule has 35 heavy (non-hydrogen) atoms. The van der Waals surface area contributed by atoms with Crippen LogP contribution in [0.15, 0.2) is 71.8 Å². The van der Waals surface area contributed by atoms with Crippen LogP contribution in [0.1, 0.15) is 60.2 Å². The molecule has 0 saturated heterocycles. The van der Waals surface area contributed by atoms with Gasteiger partial charge in [-0.15, -0.1) is 0 Å². The molecule has 3 aromatic carbocycles. The van der Waals surface area contributed by atoms with E-state index in [2.05, 4.69) is 55.6 Å². The molecule has 0 bridgehead atoms. The first-order valence-corrected chi connectivity index (χ1v) is 12.1. The Morgan fingerprint density at radius 1 is 1.00 bits per heavy atom. The van der Waals surface area contributed by atoms with Gasteiger partial charge >= 0.3 is 5.97 Å². The number of hydrazone groups is 1. The van der Waals surface area contributed by atoms with Gasteiger partial charge in [0.15, 0.2) is 0 Å². The highest BCUT2D eigenvalue weighted by molar-refractivity contribution is 6.36. The first-order chi connectivity index (χ1) is 16.6. The molecule has 2 atom stereocenters. The van der Waals surface area contributed by atoms with Crippen molar-refractivity contribution in [1.82, 2.24) is 5.43 Å². The lowest BCUT2D eigenvalue weighted by Gasteiger charge is -2.19. The van der Waals surface area contributed by atoms with Crippen LogP contribution in [0.3, 0.4) is 0 Å². The predicted octanol–water partition coefficient (Wildman–Crippen LogP) is 6.76. The van der Waals surface area contributed by atoms with Gasteiger partial charge in [-0.25, -0.2) is 10.2 Å². The van der Waals surface area contributed by atoms with E-state index in [1.807, 2.05) is 0 Å². The molecule has 4 rings (SSSR count). The third-order valence-corrected chi connectivity index (χ3v) is 6.51. The van der Waals surface area contributed by atoms with Crippen LogP contribution >= 0.6 is 23.2 Å². The highest BCUT2D eigenvalue weighted by atomic mass is 35.5. The Bertz CT molecular complexity index is 1260. The van der Waals surface area contributed by atoms with E-state index in [0.29, 0.717) is 10.8 Å². The number of amides is 1. The summed E-state index contributed by atoms with van der Waals surface area (Å²) in [4.78, 5) is 24.8. The van der Waals surface area contributed by atoms with E-state index in [0.717, 1.165) is 12.0 Å². The van der Waals surface area contributed by atoms with E-state index in [1.54, 1.807) is 36.5 Å². The normalized spacial score (nSPS) is 17.3. The van der Waals surface area contributed by atoms with E-state index in [-0.39, 0.29) is 33.7 Å². The lowest BCUT2D eigenvalue weighted by Crippen LogP contribution is -2.20. The summed E-state index contributed by atoms with van der Waals surface area (Å²) in [5.74, 6) is -0.124. The van der Waals surface area contributed by atoms with Gasteiger partial charge in [0, 0.05) is 10.9 Å². The van der Waals surface area contributed by atoms with Crippen molar-refractivity contribution in [2.45, 2.75) is 38.5 Å². The lowest BCUT2D eigenvalue weighted by atomic mass is 9.86. The second-order valence-corrected chi connectivity index (χ2v) is 10.5. The molecule has 1 amide bonds. The van der Waals surface area contributed by atoms with Crippen molar-refractivity contribution >= 4 is 41.3 Å². The van der Waals surface area contributed by atoms with Crippen molar-refractivity contribution in [3.63, 3.8) is 0 Å². The molecule has 1 aliphatic carbocycles. The highest BCUT2D eigenvalue weighted by Crippen LogP contribution is 2.47. The van der Waals surface area contributed by atoms with E-state index >= 15 is 0 Å². The largest absolute Gasteiger partial charge is 0.423 e. The maximum Gasteiger partial charge on any atom is 0.345 e. The Labute approximate surface area is 215 Å². The Morgan fingerprint density at radius 2 is 1.69 bits per heavy atom. The average Bonchev–Trinajstić information content (AvgIpc) is 3.61. The molecule has 180 valence electrons. The number of carbonyl (C=O) groups excluding carboxylic acids is 2. The zero-order chi connectivity index (χ0) is 25.2. The summed E-state index contributed by atoms with van der Waals surface area (Å²) in [5, 5.41) is 4.74. The number of hydrogen-bond donors (Lipinski definition) is 1. The zero-order valence-electron chi connectivity index (χ0n) is 19.7. The van der Waals surface area contributed by atoms with Crippen LogP contribution in [0.4, 0.5) is 0 Å². The smallest absolute Gasteiger partial charge is 0.345 e. The van der Waals surface area contributed by atoms with Gasteiger partial charge in [-0.05, 0) is 76.9 Å². The van der Waals surface area contributed by atoms with Gasteiger partial charge in [0.05, 0.1) is 16.8 Å². The molecular formula is C28H26Cl2N2O3. The molecule has 0 aliphatic heterocycles. The minimum absolute atomic E-state index is 0.0610.